The lowest BCUT2D eigenvalue weighted by atomic mass is 10.2. The summed E-state index contributed by atoms with van der Waals surface area (Å²) in [5.74, 6) is 0.0185. The number of rotatable bonds is 9. The lowest BCUT2D eigenvalue weighted by Gasteiger charge is -2.23. The molecule has 0 fully saturated rings. The molecular weight excluding hydrogens is 200 g/mol. The second-order valence-electron chi connectivity index (χ2n) is 4.21. The summed E-state index contributed by atoms with van der Waals surface area (Å²) in [6, 6.07) is 0. The number of carbonyl (C=O) groups excluding carboxylic acids is 1. The molecule has 0 radical (unpaired) electrons. The predicted molar refractivity (Wildman–Crippen MR) is 69.0 cm³/mol. The van der Waals surface area contributed by atoms with Crippen LogP contribution in [0.25, 0.3) is 0 Å². The van der Waals surface area contributed by atoms with Gasteiger partial charge in [-0.3, -0.25) is 9.80 Å². The summed E-state index contributed by atoms with van der Waals surface area (Å²) >= 11 is 0. The fourth-order valence-corrected chi connectivity index (χ4v) is 1.39. The highest BCUT2D eigenvalue weighted by Gasteiger charge is 2.12. The molecule has 0 heterocycles. The zero-order valence-electron chi connectivity index (χ0n) is 11.0. The average Bonchev–Trinajstić information content (AvgIpc) is 2.27. The van der Waals surface area contributed by atoms with Gasteiger partial charge in [0, 0.05) is 18.7 Å². The van der Waals surface area contributed by atoms with E-state index in [1.807, 2.05) is 0 Å². The van der Waals surface area contributed by atoms with Crippen molar-refractivity contribution >= 4 is 5.91 Å². The van der Waals surface area contributed by atoms with Gasteiger partial charge in [-0.1, -0.05) is 39.7 Å². The summed E-state index contributed by atoms with van der Waals surface area (Å²) in [6.07, 6.45) is 5.64. The zero-order valence-corrected chi connectivity index (χ0v) is 11.0. The van der Waals surface area contributed by atoms with Gasteiger partial charge in [0.15, 0.2) is 0 Å². The van der Waals surface area contributed by atoms with Crippen molar-refractivity contribution < 1.29 is 4.79 Å². The SMILES string of the molecule is C=C(C)C(=O)N(CCCC)NCCCCC. The van der Waals surface area contributed by atoms with Gasteiger partial charge < -0.3 is 0 Å². The third-order valence-corrected chi connectivity index (χ3v) is 2.43. The van der Waals surface area contributed by atoms with Crippen LogP contribution >= 0.6 is 0 Å². The van der Waals surface area contributed by atoms with Crippen LogP contribution in [0.2, 0.25) is 0 Å². The van der Waals surface area contributed by atoms with Gasteiger partial charge in [-0.25, -0.2) is 5.43 Å². The Balaban J connectivity index is 3.99. The van der Waals surface area contributed by atoms with Crippen LogP contribution in [0.3, 0.4) is 0 Å². The smallest absolute Gasteiger partial charge is 0.262 e. The summed E-state index contributed by atoms with van der Waals surface area (Å²) < 4.78 is 0. The summed E-state index contributed by atoms with van der Waals surface area (Å²) in [4.78, 5) is 11.8. The lowest BCUT2D eigenvalue weighted by molar-refractivity contribution is -0.130. The molecule has 0 aromatic heterocycles. The number of amides is 1. The van der Waals surface area contributed by atoms with Gasteiger partial charge in [0.05, 0.1) is 0 Å². The molecule has 0 saturated heterocycles. The van der Waals surface area contributed by atoms with Crippen molar-refractivity contribution in [1.82, 2.24) is 10.4 Å². The van der Waals surface area contributed by atoms with Crippen molar-refractivity contribution in [2.24, 2.45) is 0 Å². The lowest BCUT2D eigenvalue weighted by Crippen LogP contribution is -2.44. The van der Waals surface area contributed by atoms with Crippen LogP contribution in [0.5, 0.6) is 0 Å². The van der Waals surface area contributed by atoms with Crippen LogP contribution in [0.15, 0.2) is 12.2 Å². The summed E-state index contributed by atoms with van der Waals surface area (Å²) in [5, 5.41) is 1.71. The highest BCUT2D eigenvalue weighted by atomic mass is 16.2. The van der Waals surface area contributed by atoms with E-state index in [2.05, 4.69) is 25.9 Å². The minimum atomic E-state index is 0.0185. The molecule has 0 aliphatic carbocycles. The molecule has 0 bridgehead atoms. The van der Waals surface area contributed by atoms with Gasteiger partial charge in [-0.05, 0) is 19.8 Å². The second kappa shape index (κ2) is 9.40. The first kappa shape index (κ1) is 15.2. The van der Waals surface area contributed by atoms with Gasteiger partial charge in [0.25, 0.3) is 5.91 Å². The highest BCUT2D eigenvalue weighted by Crippen LogP contribution is 2.00. The molecule has 94 valence electrons. The molecule has 0 rings (SSSR count). The van der Waals surface area contributed by atoms with Gasteiger partial charge in [-0.2, -0.15) is 0 Å². The highest BCUT2D eigenvalue weighted by molar-refractivity contribution is 5.91. The van der Waals surface area contributed by atoms with Crippen LogP contribution in [0, 0.1) is 0 Å². The molecule has 0 saturated carbocycles. The molecule has 0 spiro atoms. The van der Waals surface area contributed by atoms with Crippen molar-refractivity contribution in [3.63, 3.8) is 0 Å². The standard InChI is InChI=1S/C13H26N2O/c1-5-7-9-10-14-15(11-8-6-2)13(16)12(3)4/h14H,3,5-11H2,1-2,4H3. The Bertz CT molecular complexity index is 214. The van der Waals surface area contributed by atoms with E-state index < -0.39 is 0 Å². The molecule has 16 heavy (non-hydrogen) atoms. The molecule has 0 aromatic rings. The molecule has 3 nitrogen and oxygen atoms in total. The molecule has 0 atom stereocenters. The summed E-state index contributed by atoms with van der Waals surface area (Å²) in [7, 11) is 0. The average molecular weight is 226 g/mol. The first-order valence-corrected chi connectivity index (χ1v) is 6.34. The number of hydrazine groups is 1. The first-order valence-electron chi connectivity index (χ1n) is 6.34. The fourth-order valence-electron chi connectivity index (χ4n) is 1.39. The minimum Gasteiger partial charge on any atom is -0.274 e. The Labute approximate surface area is 99.9 Å². The Kier molecular flexibility index (Phi) is 8.91. The van der Waals surface area contributed by atoms with Gasteiger partial charge in [0.2, 0.25) is 0 Å². The van der Waals surface area contributed by atoms with Crippen LogP contribution in [0.1, 0.15) is 52.9 Å². The maximum atomic E-state index is 11.8. The number of nitrogens with one attached hydrogen (secondary N) is 1. The fraction of sp³-hybridized carbons (Fsp3) is 0.769. The van der Waals surface area contributed by atoms with E-state index in [1.165, 1.54) is 12.8 Å². The van der Waals surface area contributed by atoms with Crippen molar-refractivity contribution in [3.8, 4) is 0 Å². The number of unbranched alkanes of at least 4 members (excludes halogenated alkanes) is 3. The summed E-state index contributed by atoms with van der Waals surface area (Å²) in [5.41, 5.74) is 3.79. The molecule has 0 aromatic carbocycles. The molecule has 1 amide bonds. The third kappa shape index (κ3) is 6.62. The van der Waals surface area contributed by atoms with Crippen molar-refractivity contribution in [2.75, 3.05) is 13.1 Å². The van der Waals surface area contributed by atoms with Crippen LogP contribution < -0.4 is 5.43 Å². The van der Waals surface area contributed by atoms with E-state index in [4.69, 9.17) is 0 Å². The van der Waals surface area contributed by atoms with Crippen molar-refractivity contribution in [1.29, 1.82) is 0 Å². The molecule has 0 aliphatic heterocycles. The van der Waals surface area contributed by atoms with E-state index in [-0.39, 0.29) is 5.91 Å². The van der Waals surface area contributed by atoms with Crippen molar-refractivity contribution in [3.05, 3.63) is 12.2 Å². The van der Waals surface area contributed by atoms with E-state index in [0.29, 0.717) is 5.57 Å². The molecular formula is C13H26N2O. The van der Waals surface area contributed by atoms with E-state index in [0.717, 1.165) is 32.4 Å². The Morgan fingerprint density at radius 3 is 2.31 bits per heavy atom. The number of hydrogen-bond acceptors (Lipinski definition) is 2. The monoisotopic (exact) mass is 226 g/mol. The Morgan fingerprint density at radius 2 is 1.81 bits per heavy atom. The predicted octanol–water partition coefficient (Wildman–Crippen LogP) is 2.89. The van der Waals surface area contributed by atoms with E-state index in [9.17, 15) is 4.79 Å². The van der Waals surface area contributed by atoms with Gasteiger partial charge in [-0.15, -0.1) is 0 Å². The maximum Gasteiger partial charge on any atom is 0.262 e. The Morgan fingerprint density at radius 1 is 1.19 bits per heavy atom. The first-order chi connectivity index (χ1) is 7.63. The second-order valence-corrected chi connectivity index (χ2v) is 4.21. The number of carbonyl (C=O) groups is 1. The van der Waals surface area contributed by atoms with Gasteiger partial charge >= 0.3 is 0 Å². The molecule has 0 unspecified atom stereocenters. The van der Waals surface area contributed by atoms with Crippen LogP contribution in [-0.2, 0) is 4.79 Å². The van der Waals surface area contributed by atoms with Crippen LogP contribution in [0.4, 0.5) is 0 Å². The van der Waals surface area contributed by atoms with Crippen LogP contribution in [-0.4, -0.2) is 24.0 Å². The molecule has 0 aliphatic rings. The topological polar surface area (TPSA) is 32.3 Å². The normalized spacial score (nSPS) is 10.2. The maximum absolute atomic E-state index is 11.8. The number of hydrogen-bond donors (Lipinski definition) is 1. The van der Waals surface area contributed by atoms with E-state index in [1.54, 1.807) is 11.9 Å². The quantitative estimate of drug-likeness (QED) is 0.372. The molecule has 3 heteroatoms. The third-order valence-electron chi connectivity index (χ3n) is 2.43. The minimum absolute atomic E-state index is 0.0185. The van der Waals surface area contributed by atoms with E-state index >= 15 is 0 Å². The molecule has 1 N–H and O–H groups in total. The summed E-state index contributed by atoms with van der Waals surface area (Å²) in [6.45, 7) is 11.4. The van der Waals surface area contributed by atoms with Crippen molar-refractivity contribution in [2.45, 2.75) is 52.9 Å². The number of nitrogens with zero attached hydrogens (tertiary/aromatic N) is 1. The Hall–Kier alpha value is -0.830. The van der Waals surface area contributed by atoms with Gasteiger partial charge in [0.1, 0.15) is 0 Å². The largest absolute Gasteiger partial charge is 0.274 e. The zero-order chi connectivity index (χ0) is 12.4.